The number of hydrogen-bond donors (Lipinski definition) is 2. The van der Waals surface area contributed by atoms with Crippen LogP contribution in [0.5, 0.6) is 0 Å². The second-order valence-electron chi connectivity index (χ2n) is 4.91. The average molecular weight is 212 g/mol. The molecule has 1 amide bonds. The van der Waals surface area contributed by atoms with Crippen LogP contribution in [0.25, 0.3) is 0 Å². The van der Waals surface area contributed by atoms with Gasteiger partial charge in [-0.1, -0.05) is 20.8 Å². The van der Waals surface area contributed by atoms with Crippen molar-refractivity contribution in [3.8, 4) is 0 Å². The quantitative estimate of drug-likeness (QED) is 0.742. The van der Waals surface area contributed by atoms with Crippen LogP contribution in [0.3, 0.4) is 0 Å². The molecule has 0 saturated carbocycles. The second-order valence-corrected chi connectivity index (χ2v) is 4.91. The maximum atomic E-state index is 11.4. The normalized spacial score (nSPS) is 26.7. The van der Waals surface area contributed by atoms with Gasteiger partial charge in [-0.25, -0.2) is 0 Å². The Hall–Kier alpha value is -0.570. The first-order valence-electron chi connectivity index (χ1n) is 6.13. The van der Waals surface area contributed by atoms with Crippen LogP contribution >= 0.6 is 0 Å². The minimum Gasteiger partial charge on any atom is -0.352 e. The highest BCUT2D eigenvalue weighted by atomic mass is 16.1. The van der Waals surface area contributed by atoms with Gasteiger partial charge in [0, 0.05) is 19.0 Å². The molecule has 3 nitrogen and oxygen atoms in total. The Labute approximate surface area is 93.0 Å². The summed E-state index contributed by atoms with van der Waals surface area (Å²) in [7, 11) is 0. The summed E-state index contributed by atoms with van der Waals surface area (Å²) in [5, 5.41) is 6.48. The van der Waals surface area contributed by atoms with Crippen molar-refractivity contribution < 1.29 is 4.79 Å². The molecule has 0 aromatic rings. The van der Waals surface area contributed by atoms with Crippen LogP contribution in [0, 0.1) is 11.8 Å². The van der Waals surface area contributed by atoms with Crippen LogP contribution in [-0.2, 0) is 4.79 Å². The zero-order valence-electron chi connectivity index (χ0n) is 10.2. The maximum Gasteiger partial charge on any atom is 0.219 e. The molecule has 0 bridgehead atoms. The zero-order chi connectivity index (χ0) is 11.3. The van der Waals surface area contributed by atoms with Gasteiger partial charge in [-0.3, -0.25) is 4.79 Å². The van der Waals surface area contributed by atoms with Gasteiger partial charge in [0.15, 0.2) is 0 Å². The average Bonchev–Trinajstić information content (AvgIpc) is 2.20. The topological polar surface area (TPSA) is 41.1 Å². The Kier molecular flexibility index (Phi) is 5.09. The van der Waals surface area contributed by atoms with Crippen molar-refractivity contribution in [2.45, 2.75) is 46.1 Å². The summed E-state index contributed by atoms with van der Waals surface area (Å²) in [4.78, 5) is 11.4. The van der Waals surface area contributed by atoms with Gasteiger partial charge in [0.1, 0.15) is 0 Å². The molecule has 0 aliphatic carbocycles. The molecule has 1 heterocycles. The van der Waals surface area contributed by atoms with E-state index < -0.39 is 0 Å². The van der Waals surface area contributed by atoms with Gasteiger partial charge >= 0.3 is 0 Å². The molecule has 0 aromatic carbocycles. The molecule has 1 aliphatic rings. The number of amides is 1. The number of carbonyl (C=O) groups is 1. The number of nitrogens with one attached hydrogen (secondary N) is 2. The molecule has 1 fully saturated rings. The number of carbonyl (C=O) groups excluding carboxylic acids is 1. The largest absolute Gasteiger partial charge is 0.352 e. The van der Waals surface area contributed by atoms with Crippen molar-refractivity contribution in [2.24, 2.45) is 11.8 Å². The highest BCUT2D eigenvalue weighted by Gasteiger charge is 2.26. The molecule has 2 N–H and O–H groups in total. The molecule has 0 spiro atoms. The van der Waals surface area contributed by atoms with Crippen molar-refractivity contribution in [1.82, 2.24) is 10.6 Å². The second kappa shape index (κ2) is 6.11. The zero-order valence-corrected chi connectivity index (χ0v) is 10.2. The Morgan fingerprint density at radius 2 is 2.27 bits per heavy atom. The predicted molar refractivity (Wildman–Crippen MR) is 62.7 cm³/mol. The number of piperidine rings is 1. The van der Waals surface area contributed by atoms with Crippen LogP contribution in [-0.4, -0.2) is 25.0 Å². The molecule has 88 valence electrons. The van der Waals surface area contributed by atoms with E-state index >= 15 is 0 Å². The van der Waals surface area contributed by atoms with Crippen molar-refractivity contribution in [2.75, 3.05) is 13.1 Å². The first-order valence-corrected chi connectivity index (χ1v) is 6.13. The molecule has 3 heteroatoms. The van der Waals surface area contributed by atoms with Gasteiger partial charge in [-0.05, 0) is 31.2 Å². The van der Waals surface area contributed by atoms with Crippen LogP contribution in [0.15, 0.2) is 0 Å². The van der Waals surface area contributed by atoms with Crippen LogP contribution in [0.4, 0.5) is 0 Å². The minimum atomic E-state index is 0.178. The fraction of sp³-hybridized carbons (Fsp3) is 0.917. The molecule has 2 atom stereocenters. The summed E-state index contributed by atoms with van der Waals surface area (Å²) in [6, 6.07) is 0.341. The third kappa shape index (κ3) is 4.20. The predicted octanol–water partition coefficient (Wildman–Crippen LogP) is 1.54. The summed E-state index contributed by atoms with van der Waals surface area (Å²) < 4.78 is 0. The Bertz CT molecular complexity index is 204. The van der Waals surface area contributed by atoms with E-state index in [0.29, 0.717) is 24.3 Å². The van der Waals surface area contributed by atoms with E-state index in [2.05, 4.69) is 24.5 Å². The Balaban J connectivity index is 2.45. The fourth-order valence-electron chi connectivity index (χ4n) is 2.28. The van der Waals surface area contributed by atoms with Crippen molar-refractivity contribution in [1.29, 1.82) is 0 Å². The van der Waals surface area contributed by atoms with Gasteiger partial charge in [0.05, 0.1) is 0 Å². The first kappa shape index (κ1) is 12.5. The fourth-order valence-corrected chi connectivity index (χ4v) is 2.28. The molecular weight excluding hydrogens is 188 g/mol. The molecular formula is C12H24N2O. The van der Waals surface area contributed by atoms with E-state index in [1.54, 1.807) is 0 Å². The summed E-state index contributed by atoms with van der Waals surface area (Å²) in [6.45, 7) is 8.43. The standard InChI is InChI=1S/C12H24N2O/c1-4-12(15)14-11-8-13-6-5-10(11)7-9(2)3/h9-11,13H,4-8H2,1-3H3,(H,14,15). The smallest absolute Gasteiger partial charge is 0.219 e. The van der Waals surface area contributed by atoms with Gasteiger partial charge in [0.2, 0.25) is 5.91 Å². The molecule has 1 saturated heterocycles. The number of rotatable bonds is 4. The first-order chi connectivity index (χ1) is 7.13. The van der Waals surface area contributed by atoms with Crippen LogP contribution in [0.1, 0.15) is 40.0 Å². The lowest BCUT2D eigenvalue weighted by atomic mass is 9.85. The minimum absolute atomic E-state index is 0.178. The highest BCUT2D eigenvalue weighted by molar-refractivity contribution is 5.75. The lowest BCUT2D eigenvalue weighted by molar-refractivity contribution is -0.122. The van der Waals surface area contributed by atoms with Gasteiger partial charge in [-0.15, -0.1) is 0 Å². The Morgan fingerprint density at radius 3 is 2.87 bits per heavy atom. The molecule has 1 rings (SSSR count). The maximum absolute atomic E-state index is 11.4. The van der Waals surface area contributed by atoms with E-state index in [0.717, 1.165) is 13.1 Å². The van der Waals surface area contributed by atoms with E-state index in [9.17, 15) is 4.79 Å². The molecule has 0 radical (unpaired) electrons. The van der Waals surface area contributed by atoms with E-state index in [4.69, 9.17) is 0 Å². The van der Waals surface area contributed by atoms with E-state index in [1.807, 2.05) is 6.92 Å². The summed E-state index contributed by atoms with van der Waals surface area (Å²) >= 11 is 0. The van der Waals surface area contributed by atoms with Crippen LogP contribution in [0.2, 0.25) is 0 Å². The van der Waals surface area contributed by atoms with E-state index in [-0.39, 0.29) is 5.91 Å². The molecule has 0 aromatic heterocycles. The van der Waals surface area contributed by atoms with Gasteiger partial charge in [-0.2, -0.15) is 0 Å². The third-order valence-corrected chi connectivity index (χ3v) is 3.07. The van der Waals surface area contributed by atoms with Crippen LogP contribution < -0.4 is 10.6 Å². The summed E-state index contributed by atoms with van der Waals surface area (Å²) in [5.74, 6) is 1.55. The van der Waals surface area contributed by atoms with Gasteiger partial charge < -0.3 is 10.6 Å². The van der Waals surface area contributed by atoms with Crippen molar-refractivity contribution in [3.05, 3.63) is 0 Å². The third-order valence-electron chi connectivity index (χ3n) is 3.07. The SMILES string of the molecule is CCC(=O)NC1CNCCC1CC(C)C. The Morgan fingerprint density at radius 1 is 1.53 bits per heavy atom. The highest BCUT2D eigenvalue weighted by Crippen LogP contribution is 2.21. The molecule has 15 heavy (non-hydrogen) atoms. The lowest BCUT2D eigenvalue weighted by Crippen LogP contribution is -2.51. The monoisotopic (exact) mass is 212 g/mol. The van der Waals surface area contributed by atoms with Gasteiger partial charge in [0.25, 0.3) is 0 Å². The van der Waals surface area contributed by atoms with Crippen molar-refractivity contribution in [3.63, 3.8) is 0 Å². The molecule has 1 aliphatic heterocycles. The summed E-state index contributed by atoms with van der Waals surface area (Å²) in [5.41, 5.74) is 0. The van der Waals surface area contributed by atoms with Crippen molar-refractivity contribution >= 4 is 5.91 Å². The van der Waals surface area contributed by atoms with E-state index in [1.165, 1.54) is 12.8 Å². The molecule has 2 unspecified atom stereocenters. The lowest BCUT2D eigenvalue weighted by Gasteiger charge is -2.33. The summed E-state index contributed by atoms with van der Waals surface area (Å²) in [6.07, 6.45) is 2.99. The number of hydrogen-bond acceptors (Lipinski definition) is 2.